The molecule has 1 heterocycles. The Hall–Kier alpha value is -2.31. The van der Waals surface area contributed by atoms with E-state index in [1.165, 1.54) is 11.8 Å². The maximum Gasteiger partial charge on any atom is 0.245 e. The smallest absolute Gasteiger partial charge is 0.245 e. The quantitative estimate of drug-likeness (QED) is 0.828. The minimum absolute atomic E-state index is 0.0691. The molecule has 0 unspecified atom stereocenters. The van der Waals surface area contributed by atoms with Crippen LogP contribution in [0.5, 0.6) is 0 Å². The molecule has 0 spiro atoms. The number of thioether (sulfide) groups is 1. The normalized spacial score (nSPS) is 16.3. The number of para-hydroxylation sites is 1. The van der Waals surface area contributed by atoms with Gasteiger partial charge in [0.1, 0.15) is 0 Å². The summed E-state index contributed by atoms with van der Waals surface area (Å²) in [6.07, 6.45) is 0.0691. The number of carbonyl (C=O) groups excluding carboxylic acids is 2. The van der Waals surface area contributed by atoms with Crippen molar-refractivity contribution in [1.82, 2.24) is 5.48 Å². The van der Waals surface area contributed by atoms with E-state index in [1.807, 2.05) is 54.6 Å². The molecule has 1 atom stereocenters. The van der Waals surface area contributed by atoms with Crippen molar-refractivity contribution in [3.8, 4) is 0 Å². The maximum atomic E-state index is 12.0. The van der Waals surface area contributed by atoms with Gasteiger partial charge in [-0.1, -0.05) is 42.5 Å². The first-order valence-corrected chi connectivity index (χ1v) is 8.11. The average Bonchev–Trinajstić information content (AvgIpc) is 2.56. The van der Waals surface area contributed by atoms with Crippen molar-refractivity contribution in [2.45, 2.75) is 23.2 Å². The number of hydrogen-bond donors (Lipinski definition) is 2. The van der Waals surface area contributed by atoms with E-state index in [1.54, 1.807) is 0 Å². The lowest BCUT2D eigenvalue weighted by Crippen LogP contribution is -2.34. The molecule has 6 heteroatoms. The summed E-state index contributed by atoms with van der Waals surface area (Å²) in [5.74, 6) is -0.472. The summed E-state index contributed by atoms with van der Waals surface area (Å²) in [5.41, 5.74) is 4.15. The number of hydrogen-bond acceptors (Lipinski definition) is 4. The Morgan fingerprint density at radius 1 is 1.13 bits per heavy atom. The monoisotopic (exact) mass is 328 g/mol. The molecule has 2 aromatic carbocycles. The highest BCUT2D eigenvalue weighted by Gasteiger charge is 2.28. The van der Waals surface area contributed by atoms with Gasteiger partial charge in [0.2, 0.25) is 11.8 Å². The first-order chi connectivity index (χ1) is 11.2. The molecular weight excluding hydrogens is 312 g/mol. The summed E-state index contributed by atoms with van der Waals surface area (Å²) in [6.45, 7) is 0.291. The predicted octanol–water partition coefficient (Wildman–Crippen LogP) is 2.74. The lowest BCUT2D eigenvalue weighted by Gasteiger charge is -2.23. The molecule has 2 aromatic rings. The Labute approximate surface area is 138 Å². The van der Waals surface area contributed by atoms with E-state index in [9.17, 15) is 9.59 Å². The molecule has 0 fully saturated rings. The van der Waals surface area contributed by atoms with Gasteiger partial charge in [-0.2, -0.15) is 0 Å². The highest BCUT2D eigenvalue weighted by molar-refractivity contribution is 8.01. The molecule has 1 aliphatic rings. The van der Waals surface area contributed by atoms with Gasteiger partial charge in [0.25, 0.3) is 0 Å². The van der Waals surface area contributed by atoms with E-state index >= 15 is 0 Å². The molecule has 0 saturated heterocycles. The Morgan fingerprint density at radius 2 is 1.87 bits per heavy atom. The number of rotatable bonds is 5. The second-order valence-corrected chi connectivity index (χ2v) is 6.34. The molecule has 0 aliphatic carbocycles. The van der Waals surface area contributed by atoms with Gasteiger partial charge >= 0.3 is 0 Å². The fourth-order valence-corrected chi connectivity index (χ4v) is 3.32. The van der Waals surface area contributed by atoms with Crippen LogP contribution in [0.2, 0.25) is 0 Å². The second-order valence-electron chi connectivity index (χ2n) is 5.10. The van der Waals surface area contributed by atoms with Gasteiger partial charge in [0.15, 0.2) is 0 Å². The maximum absolute atomic E-state index is 12.0. The minimum Gasteiger partial charge on any atom is -0.324 e. The predicted molar refractivity (Wildman–Crippen MR) is 88.7 cm³/mol. The molecule has 0 saturated carbocycles. The van der Waals surface area contributed by atoms with Crippen molar-refractivity contribution in [2.24, 2.45) is 0 Å². The highest BCUT2D eigenvalue weighted by atomic mass is 32.2. The molecule has 0 bridgehead atoms. The summed E-state index contributed by atoms with van der Waals surface area (Å²) in [4.78, 5) is 30.1. The number of hydroxylamine groups is 1. The lowest BCUT2D eigenvalue weighted by atomic mass is 10.2. The fraction of sp³-hybridized carbons (Fsp3) is 0.176. The van der Waals surface area contributed by atoms with Crippen molar-refractivity contribution < 1.29 is 14.4 Å². The molecule has 1 aliphatic heterocycles. The molecular formula is C17H16N2O3S. The third kappa shape index (κ3) is 4.12. The zero-order valence-electron chi connectivity index (χ0n) is 12.3. The Balaban J connectivity index is 1.49. The van der Waals surface area contributed by atoms with E-state index in [0.717, 1.165) is 16.1 Å². The summed E-state index contributed by atoms with van der Waals surface area (Å²) in [6, 6.07) is 17.1. The second kappa shape index (κ2) is 7.30. The Morgan fingerprint density at radius 3 is 2.70 bits per heavy atom. The topological polar surface area (TPSA) is 67.4 Å². The van der Waals surface area contributed by atoms with E-state index in [0.29, 0.717) is 6.61 Å². The van der Waals surface area contributed by atoms with Gasteiger partial charge < -0.3 is 5.32 Å². The summed E-state index contributed by atoms with van der Waals surface area (Å²) in [7, 11) is 0. The van der Waals surface area contributed by atoms with Gasteiger partial charge in [0.05, 0.1) is 17.5 Å². The van der Waals surface area contributed by atoms with Gasteiger partial charge in [-0.15, -0.1) is 11.8 Å². The molecule has 23 heavy (non-hydrogen) atoms. The van der Waals surface area contributed by atoms with Crippen LogP contribution < -0.4 is 10.8 Å². The molecule has 5 nitrogen and oxygen atoms in total. The molecule has 118 valence electrons. The summed E-state index contributed by atoms with van der Waals surface area (Å²) >= 11 is 1.39. The van der Waals surface area contributed by atoms with Gasteiger partial charge in [-0.05, 0) is 17.7 Å². The SMILES string of the molecule is O=C(C[C@H]1Sc2ccccc2NC1=O)NOCc1ccccc1. The van der Waals surface area contributed by atoms with Crippen LogP contribution in [0.1, 0.15) is 12.0 Å². The number of benzene rings is 2. The first kappa shape index (κ1) is 15.6. The lowest BCUT2D eigenvalue weighted by molar-refractivity contribution is -0.135. The number of fused-ring (bicyclic) bond motifs is 1. The molecule has 2 amide bonds. The van der Waals surface area contributed by atoms with Crippen LogP contribution in [0.3, 0.4) is 0 Å². The van der Waals surface area contributed by atoms with Crippen molar-refractivity contribution in [3.05, 3.63) is 60.2 Å². The standard InChI is InChI=1S/C17H16N2O3S/c20-16(19-22-11-12-6-2-1-3-7-12)10-15-17(21)18-13-8-4-5-9-14(13)23-15/h1-9,15H,10-11H2,(H,18,21)(H,19,20)/t15-/m1/s1. The van der Waals surface area contributed by atoms with E-state index in [2.05, 4.69) is 10.8 Å². The van der Waals surface area contributed by atoms with Gasteiger partial charge in [0, 0.05) is 11.3 Å². The van der Waals surface area contributed by atoms with Crippen molar-refractivity contribution in [3.63, 3.8) is 0 Å². The minimum atomic E-state index is -0.453. The van der Waals surface area contributed by atoms with Crippen LogP contribution in [0.25, 0.3) is 0 Å². The molecule has 0 aromatic heterocycles. The highest BCUT2D eigenvalue weighted by Crippen LogP contribution is 2.36. The fourth-order valence-electron chi connectivity index (χ4n) is 2.21. The number of anilines is 1. The third-order valence-corrected chi connectivity index (χ3v) is 4.62. The number of amides is 2. The van der Waals surface area contributed by atoms with Gasteiger partial charge in [-0.3, -0.25) is 14.4 Å². The van der Waals surface area contributed by atoms with E-state index in [-0.39, 0.29) is 18.2 Å². The summed E-state index contributed by atoms with van der Waals surface area (Å²) in [5, 5.41) is 2.36. The van der Waals surface area contributed by atoms with E-state index < -0.39 is 5.25 Å². The molecule has 0 radical (unpaired) electrons. The average molecular weight is 328 g/mol. The van der Waals surface area contributed by atoms with E-state index in [4.69, 9.17) is 4.84 Å². The van der Waals surface area contributed by atoms with Crippen molar-refractivity contribution in [2.75, 3.05) is 5.32 Å². The van der Waals surface area contributed by atoms with Crippen LogP contribution in [0, 0.1) is 0 Å². The molecule has 2 N–H and O–H groups in total. The number of nitrogens with one attached hydrogen (secondary N) is 2. The first-order valence-electron chi connectivity index (χ1n) is 7.23. The zero-order valence-corrected chi connectivity index (χ0v) is 13.1. The van der Waals surface area contributed by atoms with Gasteiger partial charge in [-0.25, -0.2) is 5.48 Å². The third-order valence-electron chi connectivity index (χ3n) is 3.35. The van der Waals surface area contributed by atoms with Crippen LogP contribution in [0.4, 0.5) is 5.69 Å². The summed E-state index contributed by atoms with van der Waals surface area (Å²) < 4.78 is 0. The van der Waals surface area contributed by atoms with Crippen molar-refractivity contribution in [1.29, 1.82) is 0 Å². The number of carbonyl (C=O) groups is 2. The van der Waals surface area contributed by atoms with Crippen LogP contribution in [-0.4, -0.2) is 17.1 Å². The van der Waals surface area contributed by atoms with Crippen molar-refractivity contribution >= 4 is 29.3 Å². The Kier molecular flexibility index (Phi) is 4.95. The Bertz CT molecular complexity index is 706. The zero-order chi connectivity index (χ0) is 16.1. The largest absolute Gasteiger partial charge is 0.324 e. The van der Waals surface area contributed by atoms with Crippen LogP contribution in [-0.2, 0) is 21.0 Å². The van der Waals surface area contributed by atoms with Crippen LogP contribution >= 0.6 is 11.8 Å². The molecule has 3 rings (SSSR count). The van der Waals surface area contributed by atoms with Crippen LogP contribution in [0.15, 0.2) is 59.5 Å².